The van der Waals surface area contributed by atoms with Gasteiger partial charge in [0.05, 0.1) is 12.6 Å². The Morgan fingerprint density at radius 1 is 1.13 bits per heavy atom. The van der Waals surface area contributed by atoms with E-state index in [1.54, 1.807) is 0 Å². The van der Waals surface area contributed by atoms with Crippen LogP contribution in [0.5, 0.6) is 0 Å². The van der Waals surface area contributed by atoms with Gasteiger partial charge in [-0.15, -0.1) is 10.2 Å². The third-order valence-corrected chi connectivity index (χ3v) is 7.07. The molecule has 1 atom stereocenters. The molecule has 0 aromatic carbocycles. The first-order valence-corrected chi connectivity index (χ1v) is 12.7. The molecule has 1 N–H and O–H groups in total. The zero-order chi connectivity index (χ0) is 22.1. The molecule has 2 saturated heterocycles. The summed E-state index contributed by atoms with van der Waals surface area (Å²) in [5.74, 6) is -0.157. The molecule has 0 saturated carbocycles. The molecule has 1 aromatic rings. The molecule has 3 rings (SSSR count). The van der Waals surface area contributed by atoms with Crippen LogP contribution in [-0.4, -0.2) is 71.7 Å². The molecule has 2 fully saturated rings. The van der Waals surface area contributed by atoms with Gasteiger partial charge in [0, 0.05) is 32.0 Å². The molecule has 0 radical (unpaired) electrons. The lowest BCUT2D eigenvalue weighted by Gasteiger charge is -2.40. The van der Waals surface area contributed by atoms with Crippen molar-refractivity contribution in [2.45, 2.75) is 83.7 Å². The van der Waals surface area contributed by atoms with E-state index in [0.29, 0.717) is 30.6 Å². The Hall–Kier alpha value is -1.74. The minimum Gasteiger partial charge on any atom is -0.466 e. The third-order valence-electron chi connectivity index (χ3n) is 6.15. The average Bonchev–Trinajstić information content (AvgIpc) is 3.26. The minimum absolute atomic E-state index is 0.0717. The van der Waals surface area contributed by atoms with Gasteiger partial charge in [0.2, 0.25) is 10.3 Å². The van der Waals surface area contributed by atoms with E-state index in [2.05, 4.69) is 25.3 Å². The fourth-order valence-electron chi connectivity index (χ4n) is 4.28. The third kappa shape index (κ3) is 7.42. The van der Waals surface area contributed by atoms with Crippen LogP contribution in [0.3, 0.4) is 0 Å². The van der Waals surface area contributed by atoms with Gasteiger partial charge < -0.3 is 19.9 Å². The largest absolute Gasteiger partial charge is 0.466 e. The van der Waals surface area contributed by atoms with Gasteiger partial charge in [-0.05, 0) is 58.5 Å². The van der Waals surface area contributed by atoms with E-state index in [-0.39, 0.29) is 24.2 Å². The van der Waals surface area contributed by atoms with Crippen molar-refractivity contribution >= 4 is 33.4 Å². The number of hydrogen-bond donors (Lipinski definition) is 1. The highest BCUT2D eigenvalue weighted by Crippen LogP contribution is 2.29. The number of aromatic nitrogens is 2. The Morgan fingerprint density at radius 2 is 1.87 bits per heavy atom. The fourth-order valence-corrected chi connectivity index (χ4v) is 5.17. The van der Waals surface area contributed by atoms with E-state index in [0.717, 1.165) is 24.6 Å². The average molecular weight is 452 g/mol. The molecular weight excluding hydrogens is 414 g/mol. The highest BCUT2D eigenvalue weighted by Gasteiger charge is 2.27. The van der Waals surface area contributed by atoms with Crippen molar-refractivity contribution in [3.8, 4) is 0 Å². The lowest BCUT2D eigenvalue weighted by molar-refractivity contribution is -0.143. The molecule has 3 heterocycles. The smallest absolute Gasteiger partial charge is 0.305 e. The van der Waals surface area contributed by atoms with Gasteiger partial charge in [-0.1, -0.05) is 24.7 Å². The number of anilines is 2. The Bertz CT molecular complexity index is 699. The van der Waals surface area contributed by atoms with Crippen molar-refractivity contribution in [3.05, 3.63) is 0 Å². The number of ketones is 1. The number of carbonyl (C=O) groups excluding carboxylic acids is 2. The van der Waals surface area contributed by atoms with Crippen LogP contribution in [0.4, 0.5) is 10.3 Å². The first kappa shape index (κ1) is 23.9. The first-order valence-electron chi connectivity index (χ1n) is 11.8. The highest BCUT2D eigenvalue weighted by atomic mass is 32.1. The zero-order valence-corrected chi connectivity index (χ0v) is 19.8. The van der Waals surface area contributed by atoms with Crippen molar-refractivity contribution in [2.24, 2.45) is 0 Å². The van der Waals surface area contributed by atoms with E-state index in [1.807, 2.05) is 13.8 Å². The van der Waals surface area contributed by atoms with Crippen molar-refractivity contribution in [3.63, 3.8) is 0 Å². The normalized spacial score (nSPS) is 19.2. The van der Waals surface area contributed by atoms with Crippen molar-refractivity contribution < 1.29 is 14.3 Å². The molecule has 2 aliphatic heterocycles. The molecular formula is C22H37N5O3S. The van der Waals surface area contributed by atoms with Gasteiger partial charge in [0.25, 0.3) is 0 Å². The number of hydrogen-bond acceptors (Lipinski definition) is 9. The number of esters is 1. The number of Topliss-reactive ketones (excluding diaryl/α,β-unsaturated/α-hetero) is 1. The Morgan fingerprint density at radius 3 is 2.58 bits per heavy atom. The molecule has 0 spiro atoms. The number of nitrogens with zero attached hydrogens (tertiary/aromatic N) is 4. The molecule has 0 amide bonds. The number of ether oxygens (including phenoxy) is 1. The van der Waals surface area contributed by atoms with E-state index >= 15 is 0 Å². The van der Waals surface area contributed by atoms with Crippen molar-refractivity contribution in [1.29, 1.82) is 0 Å². The summed E-state index contributed by atoms with van der Waals surface area (Å²) >= 11 is 1.51. The molecule has 1 unspecified atom stereocenters. The van der Waals surface area contributed by atoms with Crippen LogP contribution in [0.2, 0.25) is 0 Å². The van der Waals surface area contributed by atoms with Gasteiger partial charge >= 0.3 is 5.97 Å². The van der Waals surface area contributed by atoms with Gasteiger partial charge in [-0.25, -0.2) is 0 Å². The second-order valence-corrected chi connectivity index (χ2v) is 9.57. The van der Waals surface area contributed by atoms with Crippen LogP contribution in [0.1, 0.15) is 71.6 Å². The maximum atomic E-state index is 12.4. The molecule has 2 aliphatic rings. The lowest BCUT2D eigenvalue weighted by atomic mass is 10.0. The topological polar surface area (TPSA) is 87.7 Å². The van der Waals surface area contributed by atoms with Crippen LogP contribution in [-0.2, 0) is 14.3 Å². The van der Waals surface area contributed by atoms with E-state index in [1.165, 1.54) is 56.5 Å². The van der Waals surface area contributed by atoms with Crippen LogP contribution in [0.25, 0.3) is 0 Å². The van der Waals surface area contributed by atoms with Crippen LogP contribution >= 0.6 is 11.3 Å². The molecule has 9 heteroatoms. The lowest BCUT2D eigenvalue weighted by Crippen LogP contribution is -2.46. The maximum Gasteiger partial charge on any atom is 0.305 e. The quantitative estimate of drug-likeness (QED) is 0.512. The van der Waals surface area contributed by atoms with Gasteiger partial charge in [0.15, 0.2) is 5.78 Å². The van der Waals surface area contributed by atoms with Crippen LogP contribution in [0.15, 0.2) is 0 Å². The van der Waals surface area contributed by atoms with Gasteiger partial charge in [-0.3, -0.25) is 9.59 Å². The van der Waals surface area contributed by atoms with Gasteiger partial charge in [-0.2, -0.15) is 0 Å². The molecule has 174 valence electrons. The molecule has 1 aromatic heterocycles. The van der Waals surface area contributed by atoms with E-state index < -0.39 is 0 Å². The summed E-state index contributed by atoms with van der Waals surface area (Å²) in [5, 5.41) is 13.4. The number of piperidine rings is 2. The summed E-state index contributed by atoms with van der Waals surface area (Å²) in [6.07, 6.45) is 8.38. The summed E-state index contributed by atoms with van der Waals surface area (Å²) in [5.41, 5.74) is 0. The van der Waals surface area contributed by atoms with Crippen molar-refractivity contribution in [1.82, 2.24) is 15.1 Å². The summed E-state index contributed by atoms with van der Waals surface area (Å²) in [7, 11) is 0. The summed E-state index contributed by atoms with van der Waals surface area (Å²) < 4.78 is 5.04. The standard InChI is InChI=1S/C22H37N5O3S/c1-3-16-30-20(29)9-7-8-19(28)17(2)23-21-24-25-22(31-21)27-14-10-18(11-15-27)26-12-5-4-6-13-26/h17-18H,3-16H2,1-2H3,(H,23,24). The Labute approximate surface area is 189 Å². The highest BCUT2D eigenvalue weighted by molar-refractivity contribution is 7.19. The summed E-state index contributed by atoms with van der Waals surface area (Å²) in [4.78, 5) is 28.9. The monoisotopic (exact) mass is 451 g/mol. The minimum atomic E-state index is -0.350. The van der Waals surface area contributed by atoms with E-state index in [9.17, 15) is 9.59 Å². The summed E-state index contributed by atoms with van der Waals surface area (Å²) in [6.45, 7) is 8.77. The Kier molecular flexibility index (Phi) is 9.52. The SMILES string of the molecule is CCCOC(=O)CCCC(=O)C(C)Nc1nnc(N2CCC(N3CCCCC3)CC2)s1. The number of carbonyl (C=O) groups is 2. The second-order valence-electron chi connectivity index (χ2n) is 8.61. The van der Waals surface area contributed by atoms with E-state index in [4.69, 9.17) is 4.74 Å². The zero-order valence-electron chi connectivity index (χ0n) is 19.0. The van der Waals surface area contributed by atoms with Gasteiger partial charge in [0.1, 0.15) is 0 Å². The molecule has 0 aliphatic carbocycles. The number of likely N-dealkylation sites (tertiary alicyclic amines) is 1. The summed E-state index contributed by atoms with van der Waals surface area (Å²) in [6, 6.07) is 0.358. The maximum absolute atomic E-state index is 12.4. The van der Waals surface area contributed by atoms with Crippen LogP contribution in [0, 0.1) is 0 Å². The second kappa shape index (κ2) is 12.3. The Balaban J connectivity index is 1.38. The van der Waals surface area contributed by atoms with Crippen molar-refractivity contribution in [2.75, 3.05) is 43.0 Å². The molecule has 0 bridgehead atoms. The fraction of sp³-hybridized carbons (Fsp3) is 0.818. The molecule has 8 nitrogen and oxygen atoms in total. The molecule has 31 heavy (non-hydrogen) atoms. The van der Waals surface area contributed by atoms with Crippen LogP contribution < -0.4 is 10.2 Å². The first-order chi connectivity index (χ1) is 15.1. The predicted molar refractivity (Wildman–Crippen MR) is 124 cm³/mol. The number of nitrogens with one attached hydrogen (secondary N) is 1. The number of rotatable bonds is 11. The predicted octanol–water partition coefficient (Wildman–Crippen LogP) is 3.49.